The van der Waals surface area contributed by atoms with E-state index >= 15 is 0 Å². The van der Waals surface area contributed by atoms with Crippen LogP contribution in [0, 0.1) is 0 Å². The molecule has 0 bridgehead atoms. The number of rotatable bonds is 4. The third-order valence-electron chi connectivity index (χ3n) is 3.95. The van der Waals surface area contributed by atoms with Crippen LogP contribution in [0.3, 0.4) is 0 Å². The van der Waals surface area contributed by atoms with Gasteiger partial charge < -0.3 is 15.1 Å². The normalized spacial score (nSPS) is 14.9. The van der Waals surface area contributed by atoms with Crippen LogP contribution in [-0.2, 0) is 11.3 Å². The van der Waals surface area contributed by atoms with Crippen LogP contribution in [0.1, 0.15) is 11.8 Å². The zero-order chi connectivity index (χ0) is 16.2. The number of carbonyl (C=O) groups excluding carboxylic acids is 1. The number of anilines is 2. The Bertz CT molecular complexity index is 665. The number of nitrogens with one attached hydrogen (secondary N) is 1. The summed E-state index contributed by atoms with van der Waals surface area (Å²) in [5.41, 5.74) is 2.26. The van der Waals surface area contributed by atoms with Crippen molar-refractivity contribution < 1.29 is 4.79 Å². The molecule has 1 aliphatic heterocycles. The Labute approximate surface area is 144 Å². The van der Waals surface area contributed by atoms with Gasteiger partial charge in [-0.1, -0.05) is 11.6 Å². The molecule has 0 atom stereocenters. The van der Waals surface area contributed by atoms with Gasteiger partial charge in [0, 0.05) is 55.6 Å². The molecule has 23 heavy (non-hydrogen) atoms. The van der Waals surface area contributed by atoms with Crippen LogP contribution in [0.4, 0.5) is 11.4 Å². The van der Waals surface area contributed by atoms with Gasteiger partial charge in [0.25, 0.3) is 0 Å². The van der Waals surface area contributed by atoms with Crippen LogP contribution >= 0.6 is 22.9 Å². The van der Waals surface area contributed by atoms with Gasteiger partial charge in [-0.15, -0.1) is 11.3 Å². The van der Waals surface area contributed by atoms with Gasteiger partial charge in [-0.25, -0.2) is 4.98 Å². The van der Waals surface area contributed by atoms with Gasteiger partial charge >= 0.3 is 0 Å². The monoisotopic (exact) mass is 350 g/mol. The summed E-state index contributed by atoms with van der Waals surface area (Å²) in [4.78, 5) is 20.7. The molecule has 1 amide bonds. The SMILES string of the molecule is CC(=O)N1CCN(c2ccc(NCc3cnc(Cl)s3)cc2)CC1. The van der Waals surface area contributed by atoms with E-state index in [-0.39, 0.29) is 5.91 Å². The third-order valence-corrected chi connectivity index (χ3v) is 5.06. The van der Waals surface area contributed by atoms with Crippen LogP contribution in [0.25, 0.3) is 0 Å². The first-order chi connectivity index (χ1) is 11.1. The van der Waals surface area contributed by atoms with Gasteiger partial charge in [-0.2, -0.15) is 0 Å². The highest BCUT2D eigenvalue weighted by atomic mass is 35.5. The molecular formula is C16H19ClN4OS. The number of thiazole rings is 1. The molecule has 5 nitrogen and oxygen atoms in total. The number of carbonyl (C=O) groups is 1. The second kappa shape index (κ2) is 7.19. The van der Waals surface area contributed by atoms with E-state index in [1.54, 1.807) is 13.1 Å². The van der Waals surface area contributed by atoms with Gasteiger partial charge in [0.05, 0.1) is 6.54 Å². The van der Waals surface area contributed by atoms with Gasteiger partial charge in [0.15, 0.2) is 4.47 Å². The first kappa shape index (κ1) is 16.1. The molecule has 0 aliphatic carbocycles. The smallest absolute Gasteiger partial charge is 0.219 e. The third kappa shape index (κ3) is 4.14. The van der Waals surface area contributed by atoms with Gasteiger partial charge in [-0.05, 0) is 24.3 Å². The highest BCUT2D eigenvalue weighted by Crippen LogP contribution is 2.22. The summed E-state index contributed by atoms with van der Waals surface area (Å²) in [6.45, 7) is 5.70. The molecule has 0 unspecified atom stereocenters. The number of halogens is 1. The molecule has 1 aromatic carbocycles. The number of piperazine rings is 1. The number of aromatic nitrogens is 1. The maximum Gasteiger partial charge on any atom is 0.219 e. The molecule has 7 heteroatoms. The summed E-state index contributed by atoms with van der Waals surface area (Å²) in [7, 11) is 0. The van der Waals surface area contributed by atoms with E-state index in [9.17, 15) is 4.79 Å². The van der Waals surface area contributed by atoms with Crippen molar-refractivity contribution in [1.82, 2.24) is 9.88 Å². The minimum atomic E-state index is 0.160. The molecule has 122 valence electrons. The van der Waals surface area contributed by atoms with Crippen LogP contribution < -0.4 is 10.2 Å². The van der Waals surface area contributed by atoms with E-state index < -0.39 is 0 Å². The van der Waals surface area contributed by atoms with E-state index in [0.717, 1.165) is 43.3 Å². The molecule has 1 N–H and O–H groups in total. The maximum absolute atomic E-state index is 11.4. The molecule has 1 saturated heterocycles. The fraction of sp³-hybridized carbons (Fsp3) is 0.375. The van der Waals surface area contributed by atoms with Gasteiger partial charge in [0.1, 0.15) is 0 Å². The van der Waals surface area contributed by atoms with Crippen LogP contribution in [0.15, 0.2) is 30.5 Å². The van der Waals surface area contributed by atoms with Crippen molar-refractivity contribution >= 4 is 40.2 Å². The van der Waals surface area contributed by atoms with Crippen molar-refractivity contribution in [2.75, 3.05) is 36.4 Å². The van der Waals surface area contributed by atoms with Crippen molar-refractivity contribution in [2.45, 2.75) is 13.5 Å². The van der Waals surface area contributed by atoms with Crippen LogP contribution in [-0.4, -0.2) is 42.0 Å². The van der Waals surface area contributed by atoms with E-state index in [1.165, 1.54) is 17.0 Å². The molecule has 1 fully saturated rings. The largest absolute Gasteiger partial charge is 0.380 e. The summed E-state index contributed by atoms with van der Waals surface area (Å²) < 4.78 is 0.571. The predicted molar refractivity (Wildman–Crippen MR) is 95.4 cm³/mol. The Balaban J connectivity index is 1.54. The molecule has 3 rings (SSSR count). The summed E-state index contributed by atoms with van der Waals surface area (Å²) in [5.74, 6) is 0.160. The Hall–Kier alpha value is -1.79. The van der Waals surface area contributed by atoms with Crippen molar-refractivity contribution in [2.24, 2.45) is 0 Å². The molecule has 2 heterocycles. The Morgan fingerprint density at radius 1 is 1.26 bits per heavy atom. The van der Waals surface area contributed by atoms with Crippen LogP contribution in [0.2, 0.25) is 4.47 Å². The number of benzene rings is 1. The highest BCUT2D eigenvalue weighted by molar-refractivity contribution is 7.15. The maximum atomic E-state index is 11.4. The zero-order valence-electron chi connectivity index (χ0n) is 13.0. The lowest BCUT2D eigenvalue weighted by Crippen LogP contribution is -2.48. The quantitative estimate of drug-likeness (QED) is 0.920. The number of amides is 1. The predicted octanol–water partition coefficient (Wildman–Crippen LogP) is 3.08. The number of nitrogens with zero attached hydrogens (tertiary/aromatic N) is 3. The summed E-state index contributed by atoms with van der Waals surface area (Å²) in [6, 6.07) is 8.39. The van der Waals surface area contributed by atoms with E-state index in [0.29, 0.717) is 4.47 Å². The van der Waals surface area contributed by atoms with E-state index in [4.69, 9.17) is 11.6 Å². The summed E-state index contributed by atoms with van der Waals surface area (Å²) >= 11 is 7.32. The Morgan fingerprint density at radius 3 is 2.52 bits per heavy atom. The topological polar surface area (TPSA) is 48.5 Å². The molecule has 0 saturated carbocycles. The molecule has 0 spiro atoms. The van der Waals surface area contributed by atoms with E-state index in [1.807, 2.05) is 4.90 Å². The van der Waals surface area contributed by atoms with Crippen LogP contribution in [0.5, 0.6) is 0 Å². The Kier molecular flexibility index (Phi) is 5.03. The van der Waals surface area contributed by atoms with Gasteiger partial charge in [-0.3, -0.25) is 4.79 Å². The fourth-order valence-electron chi connectivity index (χ4n) is 2.62. The second-order valence-corrected chi connectivity index (χ2v) is 7.17. The standard InChI is InChI=1S/C16H19ClN4OS/c1-12(22)20-6-8-21(9-7-20)14-4-2-13(3-5-14)18-10-15-11-19-16(17)23-15/h2-5,11,18H,6-10H2,1H3. The van der Waals surface area contributed by atoms with Crippen molar-refractivity contribution in [3.05, 3.63) is 39.8 Å². The lowest BCUT2D eigenvalue weighted by Gasteiger charge is -2.35. The average Bonchev–Trinajstić information content (AvgIpc) is 2.99. The second-order valence-electron chi connectivity index (χ2n) is 5.47. The lowest BCUT2D eigenvalue weighted by atomic mass is 10.2. The fourth-order valence-corrected chi connectivity index (χ4v) is 3.54. The van der Waals surface area contributed by atoms with Crippen molar-refractivity contribution in [1.29, 1.82) is 0 Å². The molecule has 1 aromatic heterocycles. The van der Waals surface area contributed by atoms with E-state index in [2.05, 4.69) is 39.5 Å². The average molecular weight is 351 g/mol. The number of hydrogen-bond acceptors (Lipinski definition) is 5. The highest BCUT2D eigenvalue weighted by Gasteiger charge is 2.18. The summed E-state index contributed by atoms with van der Waals surface area (Å²) in [6.07, 6.45) is 1.79. The minimum Gasteiger partial charge on any atom is -0.380 e. The molecule has 0 radical (unpaired) electrons. The summed E-state index contributed by atoms with van der Waals surface area (Å²) in [5, 5.41) is 3.37. The Morgan fingerprint density at radius 2 is 1.96 bits per heavy atom. The number of hydrogen-bond donors (Lipinski definition) is 1. The van der Waals surface area contributed by atoms with Crippen molar-refractivity contribution in [3.8, 4) is 0 Å². The van der Waals surface area contributed by atoms with Gasteiger partial charge in [0.2, 0.25) is 5.91 Å². The lowest BCUT2D eigenvalue weighted by molar-refractivity contribution is -0.129. The van der Waals surface area contributed by atoms with Crippen molar-refractivity contribution in [3.63, 3.8) is 0 Å². The molecule has 1 aliphatic rings. The molecular weight excluding hydrogens is 332 g/mol. The zero-order valence-corrected chi connectivity index (χ0v) is 14.5. The first-order valence-electron chi connectivity index (χ1n) is 7.56. The minimum absolute atomic E-state index is 0.160. The first-order valence-corrected chi connectivity index (χ1v) is 8.76. The molecule has 2 aromatic rings.